The number of carbonyl (C=O) groups is 2. The molecule has 6 heteroatoms. The number of aromatic hydroxyl groups is 1. The number of ether oxygens (including phenoxy) is 2. The first-order valence-corrected chi connectivity index (χ1v) is 12.0. The summed E-state index contributed by atoms with van der Waals surface area (Å²) >= 11 is 0. The third-order valence-electron chi connectivity index (χ3n) is 6.92. The van der Waals surface area contributed by atoms with E-state index in [9.17, 15) is 14.7 Å². The molecule has 1 heterocycles. The zero-order chi connectivity index (χ0) is 26.1. The van der Waals surface area contributed by atoms with E-state index in [1.807, 2.05) is 36.4 Å². The van der Waals surface area contributed by atoms with Crippen molar-refractivity contribution in [2.75, 3.05) is 14.2 Å². The number of fused-ring (bicyclic) bond motifs is 1. The molecule has 188 valence electrons. The lowest BCUT2D eigenvalue weighted by atomic mass is 9.77. The molecule has 4 rings (SSSR count). The quantitative estimate of drug-likeness (QED) is 0.510. The van der Waals surface area contributed by atoms with Crippen LogP contribution in [0.15, 0.2) is 66.7 Å². The third-order valence-corrected chi connectivity index (χ3v) is 6.92. The number of phenolic OH excluding ortho intramolecular Hbond substituents is 1. The second kappa shape index (κ2) is 9.69. The Bertz CT molecular complexity index is 1280. The van der Waals surface area contributed by atoms with E-state index < -0.39 is 11.5 Å². The summed E-state index contributed by atoms with van der Waals surface area (Å²) < 4.78 is 11.0. The van der Waals surface area contributed by atoms with Crippen LogP contribution in [-0.2, 0) is 34.3 Å². The Kier molecular flexibility index (Phi) is 6.81. The van der Waals surface area contributed by atoms with Crippen LogP contribution in [0.1, 0.15) is 53.4 Å². The fourth-order valence-electron chi connectivity index (χ4n) is 5.07. The van der Waals surface area contributed by atoms with Crippen molar-refractivity contribution in [2.24, 2.45) is 0 Å². The molecule has 1 amide bonds. The first kappa shape index (κ1) is 25.3. The molecule has 0 aliphatic carbocycles. The molecule has 1 unspecified atom stereocenters. The number of methoxy groups -OCH3 is 2. The summed E-state index contributed by atoms with van der Waals surface area (Å²) in [6, 6.07) is 20.1. The summed E-state index contributed by atoms with van der Waals surface area (Å²) in [5, 5.41) is 10.1. The highest BCUT2D eigenvalue weighted by Gasteiger charge is 2.50. The number of phenols is 1. The van der Waals surface area contributed by atoms with Crippen LogP contribution in [-0.4, -0.2) is 41.6 Å². The van der Waals surface area contributed by atoms with E-state index in [1.54, 1.807) is 42.3 Å². The molecule has 0 fully saturated rings. The predicted octanol–water partition coefficient (Wildman–Crippen LogP) is 5.05. The van der Waals surface area contributed by atoms with E-state index in [1.165, 1.54) is 7.11 Å². The summed E-state index contributed by atoms with van der Waals surface area (Å²) in [6.45, 7) is 6.47. The van der Waals surface area contributed by atoms with E-state index in [4.69, 9.17) is 9.47 Å². The Morgan fingerprint density at radius 2 is 1.69 bits per heavy atom. The number of hydrogen-bond acceptors (Lipinski definition) is 5. The Morgan fingerprint density at radius 1 is 0.972 bits per heavy atom. The molecule has 0 radical (unpaired) electrons. The van der Waals surface area contributed by atoms with Gasteiger partial charge in [0, 0.05) is 24.9 Å². The zero-order valence-electron chi connectivity index (χ0n) is 21.5. The van der Waals surface area contributed by atoms with Gasteiger partial charge in [-0.3, -0.25) is 4.79 Å². The molecule has 0 spiro atoms. The number of carbonyl (C=O) groups excluding carboxylic acids is 2. The number of amides is 1. The van der Waals surface area contributed by atoms with Crippen molar-refractivity contribution >= 4 is 11.9 Å². The van der Waals surface area contributed by atoms with Crippen LogP contribution < -0.4 is 4.74 Å². The Labute approximate surface area is 212 Å². The molecule has 36 heavy (non-hydrogen) atoms. The van der Waals surface area contributed by atoms with Crippen LogP contribution in [0.2, 0.25) is 0 Å². The Balaban J connectivity index is 1.86. The molecule has 0 saturated carbocycles. The third kappa shape index (κ3) is 4.68. The van der Waals surface area contributed by atoms with E-state index in [-0.39, 0.29) is 36.5 Å². The molecule has 3 aromatic carbocycles. The van der Waals surface area contributed by atoms with E-state index in [2.05, 4.69) is 20.8 Å². The number of esters is 1. The molecular weight excluding hydrogens is 454 g/mol. The van der Waals surface area contributed by atoms with Gasteiger partial charge in [-0.05, 0) is 51.9 Å². The van der Waals surface area contributed by atoms with Crippen molar-refractivity contribution in [1.29, 1.82) is 0 Å². The largest absolute Gasteiger partial charge is 0.508 e. The maximum absolute atomic E-state index is 14.1. The Morgan fingerprint density at radius 3 is 2.33 bits per heavy atom. The van der Waals surface area contributed by atoms with Gasteiger partial charge in [0.1, 0.15) is 17.0 Å². The van der Waals surface area contributed by atoms with Gasteiger partial charge in [0.05, 0.1) is 14.2 Å². The number of nitrogens with zero attached hydrogens (tertiary/aromatic N) is 1. The fourth-order valence-corrected chi connectivity index (χ4v) is 5.07. The zero-order valence-corrected chi connectivity index (χ0v) is 21.5. The molecule has 3 aromatic rings. The summed E-state index contributed by atoms with van der Waals surface area (Å²) in [5.74, 6) is -0.0299. The van der Waals surface area contributed by atoms with Crippen molar-refractivity contribution in [1.82, 2.24) is 4.90 Å². The monoisotopic (exact) mass is 487 g/mol. The highest BCUT2D eigenvalue weighted by molar-refractivity contribution is 5.99. The first-order chi connectivity index (χ1) is 17.1. The molecule has 1 atom stereocenters. The molecular formula is C30H33NO5. The molecule has 6 nitrogen and oxygen atoms in total. The first-order valence-electron chi connectivity index (χ1n) is 12.0. The normalized spacial score (nSPS) is 17.3. The Hall–Kier alpha value is -3.80. The van der Waals surface area contributed by atoms with Crippen LogP contribution >= 0.6 is 0 Å². The van der Waals surface area contributed by atoms with Crippen molar-refractivity contribution in [3.63, 3.8) is 0 Å². The van der Waals surface area contributed by atoms with Crippen molar-refractivity contribution in [3.8, 4) is 11.5 Å². The molecule has 1 N–H and O–H groups in total. The maximum Gasteiger partial charge on any atom is 0.332 e. The van der Waals surface area contributed by atoms with Crippen molar-refractivity contribution in [2.45, 2.75) is 51.1 Å². The smallest absolute Gasteiger partial charge is 0.332 e. The van der Waals surface area contributed by atoms with Gasteiger partial charge in [-0.2, -0.15) is 0 Å². The lowest BCUT2D eigenvalue weighted by Crippen LogP contribution is -2.62. The van der Waals surface area contributed by atoms with Gasteiger partial charge in [0.25, 0.3) is 5.91 Å². The van der Waals surface area contributed by atoms with Crippen LogP contribution in [0.25, 0.3) is 0 Å². The number of rotatable bonds is 5. The molecule has 1 aliphatic rings. The van der Waals surface area contributed by atoms with Crippen LogP contribution in [0.3, 0.4) is 0 Å². The summed E-state index contributed by atoms with van der Waals surface area (Å²) in [5.41, 5.74) is 2.58. The SMILES string of the molecule is COC(=O)C1(Cc2ccccc2)Cc2cc(O)ccc2CN1C(=O)c1ccc(C(C)(C)C)c(OC)c1. The molecule has 0 saturated heterocycles. The highest BCUT2D eigenvalue weighted by Crippen LogP contribution is 2.39. The van der Waals surface area contributed by atoms with E-state index >= 15 is 0 Å². The van der Waals surface area contributed by atoms with Crippen LogP contribution in [0.4, 0.5) is 0 Å². The fraction of sp³-hybridized carbons (Fsp3) is 0.333. The van der Waals surface area contributed by atoms with Gasteiger partial charge in [0.2, 0.25) is 0 Å². The molecule has 0 aromatic heterocycles. The summed E-state index contributed by atoms with van der Waals surface area (Å²) in [7, 11) is 2.94. The van der Waals surface area contributed by atoms with Gasteiger partial charge in [0.15, 0.2) is 0 Å². The molecule has 0 bridgehead atoms. The van der Waals surface area contributed by atoms with Gasteiger partial charge in [-0.15, -0.1) is 0 Å². The standard InChI is InChI=1S/C30H33NO5/c1-29(2,3)25-14-12-21(16-26(25)35-4)27(33)31-19-22-11-13-24(32)15-23(22)18-30(31,28(34)36-5)17-20-9-7-6-8-10-20/h6-16,32H,17-19H2,1-5H3. The predicted molar refractivity (Wildman–Crippen MR) is 138 cm³/mol. The second-order valence-corrected chi connectivity index (χ2v) is 10.4. The van der Waals surface area contributed by atoms with Gasteiger partial charge in [-0.25, -0.2) is 4.79 Å². The summed E-state index contributed by atoms with van der Waals surface area (Å²) in [4.78, 5) is 29.3. The van der Waals surface area contributed by atoms with E-state index in [0.29, 0.717) is 11.3 Å². The lowest BCUT2D eigenvalue weighted by Gasteiger charge is -2.45. The van der Waals surface area contributed by atoms with Crippen LogP contribution in [0.5, 0.6) is 11.5 Å². The lowest BCUT2D eigenvalue weighted by molar-refractivity contribution is -0.154. The maximum atomic E-state index is 14.1. The minimum absolute atomic E-state index is 0.120. The second-order valence-electron chi connectivity index (χ2n) is 10.4. The van der Waals surface area contributed by atoms with Crippen molar-refractivity contribution in [3.05, 3.63) is 94.5 Å². The number of hydrogen-bond donors (Lipinski definition) is 1. The molecule has 1 aliphatic heterocycles. The average Bonchev–Trinajstić information content (AvgIpc) is 2.86. The van der Waals surface area contributed by atoms with Crippen molar-refractivity contribution < 1.29 is 24.2 Å². The van der Waals surface area contributed by atoms with Gasteiger partial charge >= 0.3 is 5.97 Å². The average molecular weight is 488 g/mol. The van der Waals surface area contributed by atoms with E-state index in [0.717, 1.165) is 22.3 Å². The van der Waals surface area contributed by atoms with Gasteiger partial charge in [-0.1, -0.05) is 63.2 Å². The topological polar surface area (TPSA) is 76.1 Å². The van der Waals surface area contributed by atoms with Crippen LogP contribution in [0, 0.1) is 0 Å². The number of benzene rings is 3. The summed E-state index contributed by atoms with van der Waals surface area (Å²) in [6.07, 6.45) is 0.500. The minimum Gasteiger partial charge on any atom is -0.508 e. The minimum atomic E-state index is -1.29. The van der Waals surface area contributed by atoms with Gasteiger partial charge < -0.3 is 19.5 Å². The highest BCUT2D eigenvalue weighted by atomic mass is 16.5.